The predicted octanol–water partition coefficient (Wildman–Crippen LogP) is 0.532. The molecular weight excluding hydrogens is 204 g/mol. The zero-order valence-electron chi connectivity index (χ0n) is 9.66. The SMILES string of the molecule is CC(C)(N)C(=O)NCc1cccc(CO)c1. The van der Waals surface area contributed by atoms with Crippen molar-refractivity contribution in [3.8, 4) is 0 Å². The summed E-state index contributed by atoms with van der Waals surface area (Å²) in [5.74, 6) is -0.193. The van der Waals surface area contributed by atoms with Crippen LogP contribution in [0, 0.1) is 0 Å². The van der Waals surface area contributed by atoms with Gasteiger partial charge in [-0.15, -0.1) is 0 Å². The van der Waals surface area contributed by atoms with Crippen LogP contribution in [-0.4, -0.2) is 16.6 Å². The zero-order valence-corrected chi connectivity index (χ0v) is 9.66. The highest BCUT2D eigenvalue weighted by Crippen LogP contribution is 2.05. The molecule has 0 aliphatic carbocycles. The first-order valence-corrected chi connectivity index (χ1v) is 5.19. The van der Waals surface area contributed by atoms with Gasteiger partial charge >= 0.3 is 0 Å². The van der Waals surface area contributed by atoms with Crippen LogP contribution in [0.2, 0.25) is 0 Å². The molecule has 1 aromatic carbocycles. The molecule has 4 N–H and O–H groups in total. The Bertz CT molecular complexity index is 370. The largest absolute Gasteiger partial charge is 0.392 e. The Morgan fingerprint density at radius 1 is 1.44 bits per heavy atom. The highest BCUT2D eigenvalue weighted by Gasteiger charge is 2.20. The van der Waals surface area contributed by atoms with E-state index >= 15 is 0 Å². The minimum atomic E-state index is -0.866. The molecule has 4 heteroatoms. The molecule has 0 heterocycles. The standard InChI is InChI=1S/C12H18N2O2/c1-12(2,13)11(16)14-7-9-4-3-5-10(6-9)8-15/h3-6,15H,7-8,13H2,1-2H3,(H,14,16). The summed E-state index contributed by atoms with van der Waals surface area (Å²) in [5.41, 5.74) is 6.56. The van der Waals surface area contributed by atoms with Gasteiger partial charge in [-0.2, -0.15) is 0 Å². The van der Waals surface area contributed by atoms with Crippen LogP contribution in [-0.2, 0) is 17.9 Å². The number of hydrogen-bond acceptors (Lipinski definition) is 3. The first kappa shape index (κ1) is 12.7. The monoisotopic (exact) mass is 222 g/mol. The van der Waals surface area contributed by atoms with Crippen molar-refractivity contribution in [3.63, 3.8) is 0 Å². The summed E-state index contributed by atoms with van der Waals surface area (Å²) in [6.07, 6.45) is 0. The van der Waals surface area contributed by atoms with Gasteiger partial charge in [0.25, 0.3) is 0 Å². The van der Waals surface area contributed by atoms with Crippen molar-refractivity contribution >= 4 is 5.91 Å². The van der Waals surface area contributed by atoms with E-state index in [-0.39, 0.29) is 12.5 Å². The maximum Gasteiger partial charge on any atom is 0.239 e. The van der Waals surface area contributed by atoms with Gasteiger partial charge in [-0.3, -0.25) is 4.79 Å². The molecule has 0 aliphatic heterocycles. The molecule has 0 fully saturated rings. The summed E-state index contributed by atoms with van der Waals surface area (Å²) in [6, 6.07) is 7.42. The van der Waals surface area contributed by atoms with Crippen LogP contribution in [0.1, 0.15) is 25.0 Å². The van der Waals surface area contributed by atoms with Gasteiger partial charge < -0.3 is 16.2 Å². The van der Waals surface area contributed by atoms with Crippen molar-refractivity contribution < 1.29 is 9.90 Å². The summed E-state index contributed by atoms with van der Waals surface area (Å²) >= 11 is 0. The summed E-state index contributed by atoms with van der Waals surface area (Å²) in [5, 5.41) is 11.7. The molecule has 1 aromatic rings. The first-order valence-electron chi connectivity index (χ1n) is 5.19. The Labute approximate surface area is 95.5 Å². The molecule has 88 valence electrons. The van der Waals surface area contributed by atoms with E-state index < -0.39 is 5.54 Å². The molecule has 1 amide bonds. The van der Waals surface area contributed by atoms with Crippen molar-refractivity contribution in [1.82, 2.24) is 5.32 Å². The third-order valence-electron chi connectivity index (χ3n) is 2.21. The summed E-state index contributed by atoms with van der Waals surface area (Å²) in [4.78, 5) is 11.5. The lowest BCUT2D eigenvalue weighted by Gasteiger charge is -2.17. The van der Waals surface area contributed by atoms with E-state index in [1.807, 2.05) is 24.3 Å². The van der Waals surface area contributed by atoms with Gasteiger partial charge in [-0.05, 0) is 25.0 Å². The second kappa shape index (κ2) is 5.09. The third-order valence-corrected chi connectivity index (χ3v) is 2.21. The minimum absolute atomic E-state index is 0.00414. The molecule has 0 saturated heterocycles. The second-order valence-electron chi connectivity index (χ2n) is 4.38. The molecule has 0 aromatic heterocycles. The number of nitrogens with two attached hydrogens (primary N) is 1. The lowest BCUT2D eigenvalue weighted by Crippen LogP contribution is -2.48. The molecule has 0 aliphatic rings. The number of amides is 1. The maximum absolute atomic E-state index is 11.5. The molecule has 0 saturated carbocycles. The first-order chi connectivity index (χ1) is 7.43. The van der Waals surface area contributed by atoms with Gasteiger partial charge in [0.2, 0.25) is 5.91 Å². The lowest BCUT2D eigenvalue weighted by molar-refractivity contribution is -0.125. The van der Waals surface area contributed by atoms with Crippen LogP contribution >= 0.6 is 0 Å². The van der Waals surface area contributed by atoms with Gasteiger partial charge in [0, 0.05) is 6.54 Å². The highest BCUT2D eigenvalue weighted by molar-refractivity contribution is 5.84. The molecule has 0 bridgehead atoms. The zero-order chi connectivity index (χ0) is 12.2. The van der Waals surface area contributed by atoms with E-state index in [9.17, 15) is 4.79 Å². The Kier molecular flexibility index (Phi) is 4.04. The van der Waals surface area contributed by atoms with Gasteiger partial charge in [-0.25, -0.2) is 0 Å². The number of rotatable bonds is 4. The molecule has 4 nitrogen and oxygen atoms in total. The van der Waals surface area contributed by atoms with Crippen LogP contribution in [0.4, 0.5) is 0 Å². The maximum atomic E-state index is 11.5. The number of carbonyl (C=O) groups excluding carboxylic acids is 1. The van der Waals surface area contributed by atoms with Gasteiger partial charge in [-0.1, -0.05) is 24.3 Å². The van der Waals surface area contributed by atoms with E-state index in [1.54, 1.807) is 13.8 Å². The van der Waals surface area contributed by atoms with Crippen molar-refractivity contribution in [3.05, 3.63) is 35.4 Å². The fourth-order valence-electron chi connectivity index (χ4n) is 1.25. The number of nitrogens with one attached hydrogen (secondary N) is 1. The van der Waals surface area contributed by atoms with E-state index in [4.69, 9.17) is 10.8 Å². The van der Waals surface area contributed by atoms with Crippen molar-refractivity contribution in [2.75, 3.05) is 0 Å². The molecular formula is C12H18N2O2. The van der Waals surface area contributed by atoms with Crippen LogP contribution in [0.5, 0.6) is 0 Å². The fraction of sp³-hybridized carbons (Fsp3) is 0.417. The summed E-state index contributed by atoms with van der Waals surface area (Å²) < 4.78 is 0. The topological polar surface area (TPSA) is 75.4 Å². The molecule has 0 radical (unpaired) electrons. The number of carbonyl (C=O) groups is 1. The van der Waals surface area contributed by atoms with E-state index in [0.717, 1.165) is 11.1 Å². The van der Waals surface area contributed by atoms with E-state index in [0.29, 0.717) is 6.54 Å². The molecule has 16 heavy (non-hydrogen) atoms. The van der Waals surface area contributed by atoms with Crippen molar-refractivity contribution in [2.45, 2.75) is 32.5 Å². The summed E-state index contributed by atoms with van der Waals surface area (Å²) in [6.45, 7) is 3.75. The number of benzene rings is 1. The predicted molar refractivity (Wildman–Crippen MR) is 62.5 cm³/mol. The van der Waals surface area contributed by atoms with Crippen LogP contribution in [0.3, 0.4) is 0 Å². The third kappa shape index (κ3) is 3.64. The quantitative estimate of drug-likeness (QED) is 0.695. The Balaban J connectivity index is 2.58. The van der Waals surface area contributed by atoms with Crippen LogP contribution < -0.4 is 11.1 Å². The second-order valence-corrected chi connectivity index (χ2v) is 4.38. The molecule has 0 atom stereocenters. The smallest absolute Gasteiger partial charge is 0.239 e. The lowest BCUT2D eigenvalue weighted by atomic mass is 10.1. The molecule has 1 rings (SSSR count). The number of hydrogen-bond donors (Lipinski definition) is 3. The van der Waals surface area contributed by atoms with Crippen LogP contribution in [0.15, 0.2) is 24.3 Å². The van der Waals surface area contributed by atoms with Crippen molar-refractivity contribution in [2.24, 2.45) is 5.73 Å². The summed E-state index contributed by atoms with van der Waals surface area (Å²) in [7, 11) is 0. The van der Waals surface area contributed by atoms with Gasteiger partial charge in [0.1, 0.15) is 0 Å². The average Bonchev–Trinajstić information content (AvgIpc) is 2.25. The van der Waals surface area contributed by atoms with Gasteiger partial charge in [0.15, 0.2) is 0 Å². The van der Waals surface area contributed by atoms with E-state index in [2.05, 4.69) is 5.32 Å². The molecule has 0 spiro atoms. The minimum Gasteiger partial charge on any atom is -0.392 e. The van der Waals surface area contributed by atoms with E-state index in [1.165, 1.54) is 0 Å². The Morgan fingerprint density at radius 3 is 2.62 bits per heavy atom. The van der Waals surface area contributed by atoms with Gasteiger partial charge in [0.05, 0.1) is 12.1 Å². The van der Waals surface area contributed by atoms with Crippen LogP contribution in [0.25, 0.3) is 0 Å². The Hall–Kier alpha value is -1.39. The van der Waals surface area contributed by atoms with Crippen molar-refractivity contribution in [1.29, 1.82) is 0 Å². The highest BCUT2D eigenvalue weighted by atomic mass is 16.3. The fourth-order valence-corrected chi connectivity index (χ4v) is 1.25. The number of aliphatic hydroxyl groups excluding tert-OH is 1. The normalized spacial score (nSPS) is 11.2. The Morgan fingerprint density at radius 2 is 2.06 bits per heavy atom. The molecule has 0 unspecified atom stereocenters. The number of aliphatic hydroxyl groups is 1. The average molecular weight is 222 g/mol.